The van der Waals surface area contributed by atoms with Gasteiger partial charge in [-0.3, -0.25) is 14.4 Å². The number of nitrogens with zero attached hydrogens (tertiary/aromatic N) is 1. The Bertz CT molecular complexity index is 834. The predicted octanol–water partition coefficient (Wildman–Crippen LogP) is 2.53. The van der Waals surface area contributed by atoms with Crippen LogP contribution in [0.2, 0.25) is 0 Å². The zero-order valence-corrected chi connectivity index (χ0v) is 17.6. The highest BCUT2D eigenvalue weighted by molar-refractivity contribution is 5.88. The second-order valence-corrected chi connectivity index (χ2v) is 8.54. The molecule has 2 fully saturated rings. The molecular weight excluding hydrogens is 386 g/mol. The Balaban J connectivity index is 1.33. The first kappa shape index (κ1) is 20.7. The zero-order chi connectivity index (χ0) is 21.3. The number of hydrogen-bond acceptors (Lipinski definition) is 6. The molecule has 4 rings (SSSR count). The van der Waals surface area contributed by atoms with Gasteiger partial charge in [0.15, 0.2) is 18.1 Å². The van der Waals surface area contributed by atoms with Gasteiger partial charge >= 0.3 is 5.97 Å². The molecule has 162 valence electrons. The fourth-order valence-corrected chi connectivity index (χ4v) is 5.11. The molecule has 1 heterocycles. The van der Waals surface area contributed by atoms with Crippen LogP contribution in [0.4, 0.5) is 0 Å². The minimum atomic E-state index is -0.337. The molecule has 2 aliphatic carbocycles. The van der Waals surface area contributed by atoms with Gasteiger partial charge in [-0.15, -0.1) is 0 Å². The van der Waals surface area contributed by atoms with Crippen molar-refractivity contribution in [3.63, 3.8) is 0 Å². The van der Waals surface area contributed by atoms with E-state index in [0.29, 0.717) is 49.6 Å². The van der Waals surface area contributed by atoms with Crippen LogP contribution in [0.25, 0.3) is 0 Å². The number of hydrogen-bond donors (Lipinski definition) is 0. The van der Waals surface area contributed by atoms with E-state index in [1.54, 1.807) is 19.1 Å². The van der Waals surface area contributed by atoms with Crippen molar-refractivity contribution >= 4 is 17.7 Å². The molecule has 0 saturated heterocycles. The Morgan fingerprint density at radius 1 is 1.03 bits per heavy atom. The molecule has 1 aromatic carbocycles. The molecule has 0 N–H and O–H groups in total. The van der Waals surface area contributed by atoms with Gasteiger partial charge in [-0.05, 0) is 55.4 Å². The number of rotatable bonds is 5. The first-order chi connectivity index (χ1) is 14.5. The third kappa shape index (κ3) is 4.02. The summed E-state index contributed by atoms with van der Waals surface area (Å²) in [6, 6.07) is 3.86. The highest BCUT2D eigenvalue weighted by Gasteiger charge is 2.42. The van der Waals surface area contributed by atoms with Crippen molar-refractivity contribution in [3.05, 3.63) is 23.3 Å². The van der Waals surface area contributed by atoms with Crippen LogP contribution < -0.4 is 9.47 Å². The first-order valence-electron chi connectivity index (χ1n) is 10.7. The smallest absolute Gasteiger partial charge is 0.309 e. The quantitative estimate of drug-likeness (QED) is 0.688. The monoisotopic (exact) mass is 415 g/mol. The molecule has 0 spiro atoms. The fourth-order valence-electron chi connectivity index (χ4n) is 5.11. The van der Waals surface area contributed by atoms with E-state index >= 15 is 0 Å². The second kappa shape index (κ2) is 8.66. The topological polar surface area (TPSA) is 82.1 Å². The lowest BCUT2D eigenvalue weighted by Gasteiger charge is -2.36. The van der Waals surface area contributed by atoms with E-state index in [4.69, 9.17) is 14.2 Å². The van der Waals surface area contributed by atoms with Crippen molar-refractivity contribution in [2.24, 2.45) is 17.8 Å². The molecule has 1 aliphatic heterocycles. The normalized spacial score (nSPS) is 25.3. The van der Waals surface area contributed by atoms with Crippen LogP contribution in [0.1, 0.15) is 43.2 Å². The molecule has 3 atom stereocenters. The SMILES string of the molecule is COc1cc2c(cc1OC)CN(C(=O)COC(=O)C1C[C@H]3CCC[C@@H](C1)C3=O)CC2. The Morgan fingerprint density at radius 3 is 2.30 bits per heavy atom. The van der Waals surface area contributed by atoms with E-state index in [1.165, 1.54) is 0 Å². The number of Topliss-reactive ketones (excluding diaryl/α,β-unsaturated/α-hetero) is 1. The standard InChI is InChI=1S/C23H29NO6/c1-28-19-10-14-6-7-24(12-18(14)11-20(19)29-2)21(25)13-30-23(27)17-8-15-4-3-5-16(9-17)22(15)26/h10-11,15-17H,3-9,12-13H2,1-2H3/t15-,16+,17?. The molecule has 0 radical (unpaired) electrons. The van der Waals surface area contributed by atoms with Crippen molar-refractivity contribution in [1.82, 2.24) is 4.90 Å². The lowest BCUT2D eigenvalue weighted by Crippen LogP contribution is -2.41. The number of carbonyl (C=O) groups excluding carboxylic acids is 3. The molecule has 30 heavy (non-hydrogen) atoms. The summed E-state index contributed by atoms with van der Waals surface area (Å²) in [5, 5.41) is 0. The molecule has 2 bridgehead atoms. The molecule has 1 aromatic rings. The molecule has 2 saturated carbocycles. The predicted molar refractivity (Wildman–Crippen MR) is 108 cm³/mol. The minimum Gasteiger partial charge on any atom is -0.493 e. The van der Waals surface area contributed by atoms with Crippen molar-refractivity contribution in [3.8, 4) is 11.5 Å². The van der Waals surface area contributed by atoms with Gasteiger partial charge in [0.2, 0.25) is 0 Å². The van der Waals surface area contributed by atoms with Gasteiger partial charge in [0, 0.05) is 24.9 Å². The van der Waals surface area contributed by atoms with Gasteiger partial charge in [0.05, 0.1) is 20.1 Å². The maximum Gasteiger partial charge on any atom is 0.309 e. The summed E-state index contributed by atoms with van der Waals surface area (Å²) in [5.74, 6) is 0.833. The van der Waals surface area contributed by atoms with Crippen molar-refractivity contribution in [2.45, 2.75) is 45.1 Å². The molecule has 1 unspecified atom stereocenters. The third-order valence-electron chi connectivity index (χ3n) is 6.79. The van der Waals surface area contributed by atoms with Crippen molar-refractivity contribution in [1.29, 1.82) is 0 Å². The van der Waals surface area contributed by atoms with Gasteiger partial charge in [0.25, 0.3) is 5.91 Å². The summed E-state index contributed by atoms with van der Waals surface area (Å²) in [6.45, 7) is 0.774. The van der Waals surface area contributed by atoms with E-state index in [1.807, 2.05) is 12.1 Å². The van der Waals surface area contributed by atoms with Crippen molar-refractivity contribution in [2.75, 3.05) is 27.4 Å². The molecular formula is C23H29NO6. The van der Waals surface area contributed by atoms with Crippen LogP contribution in [0, 0.1) is 17.8 Å². The lowest BCUT2D eigenvalue weighted by atomic mass is 9.67. The third-order valence-corrected chi connectivity index (χ3v) is 6.79. The van der Waals surface area contributed by atoms with E-state index < -0.39 is 0 Å². The van der Waals surface area contributed by atoms with Crippen LogP contribution in [-0.2, 0) is 32.1 Å². The number of ether oxygens (including phenoxy) is 3. The average Bonchev–Trinajstić information content (AvgIpc) is 2.75. The Kier molecular flexibility index (Phi) is 5.97. The summed E-state index contributed by atoms with van der Waals surface area (Å²) in [7, 11) is 3.19. The van der Waals surface area contributed by atoms with E-state index in [9.17, 15) is 14.4 Å². The number of carbonyl (C=O) groups is 3. The molecule has 7 heteroatoms. The van der Waals surface area contributed by atoms with Gasteiger partial charge in [-0.2, -0.15) is 0 Å². The first-order valence-corrected chi connectivity index (χ1v) is 10.7. The number of ketones is 1. The van der Waals surface area contributed by atoms with Crippen LogP contribution in [0.5, 0.6) is 11.5 Å². The number of amides is 1. The fraction of sp³-hybridized carbons (Fsp3) is 0.609. The Morgan fingerprint density at radius 2 is 1.67 bits per heavy atom. The second-order valence-electron chi connectivity index (χ2n) is 8.54. The minimum absolute atomic E-state index is 0.00341. The number of esters is 1. The Hall–Kier alpha value is -2.57. The van der Waals surface area contributed by atoms with E-state index in [2.05, 4.69) is 0 Å². The summed E-state index contributed by atoms with van der Waals surface area (Å²) >= 11 is 0. The number of fused-ring (bicyclic) bond motifs is 3. The molecule has 1 amide bonds. The molecule has 0 aromatic heterocycles. The Labute approximate surface area is 176 Å². The number of methoxy groups -OCH3 is 2. The summed E-state index contributed by atoms with van der Waals surface area (Å²) in [6.07, 6.45) is 4.67. The van der Waals surface area contributed by atoms with Crippen LogP contribution in [-0.4, -0.2) is 49.9 Å². The van der Waals surface area contributed by atoms with Crippen LogP contribution >= 0.6 is 0 Å². The largest absolute Gasteiger partial charge is 0.493 e. The molecule has 7 nitrogen and oxygen atoms in total. The van der Waals surface area contributed by atoms with Gasteiger partial charge in [-0.25, -0.2) is 0 Å². The summed E-state index contributed by atoms with van der Waals surface area (Å²) in [5.41, 5.74) is 2.14. The average molecular weight is 415 g/mol. The highest BCUT2D eigenvalue weighted by Crippen LogP contribution is 2.40. The molecule has 3 aliphatic rings. The zero-order valence-electron chi connectivity index (χ0n) is 17.6. The number of benzene rings is 1. The van der Waals surface area contributed by atoms with Gasteiger partial charge < -0.3 is 19.1 Å². The summed E-state index contributed by atoms with van der Waals surface area (Å²) < 4.78 is 16.1. The maximum atomic E-state index is 12.7. The lowest BCUT2D eigenvalue weighted by molar-refractivity contribution is -0.159. The van der Waals surface area contributed by atoms with Crippen LogP contribution in [0.15, 0.2) is 12.1 Å². The van der Waals surface area contributed by atoms with Gasteiger partial charge in [-0.1, -0.05) is 6.42 Å². The van der Waals surface area contributed by atoms with Gasteiger partial charge in [0.1, 0.15) is 5.78 Å². The van der Waals surface area contributed by atoms with E-state index in [0.717, 1.165) is 30.4 Å². The highest BCUT2D eigenvalue weighted by atomic mass is 16.5. The van der Waals surface area contributed by atoms with E-state index in [-0.39, 0.29) is 36.2 Å². The maximum absolute atomic E-state index is 12.7. The summed E-state index contributed by atoms with van der Waals surface area (Å²) in [4.78, 5) is 39.1. The van der Waals surface area contributed by atoms with Crippen LogP contribution in [0.3, 0.4) is 0 Å². The van der Waals surface area contributed by atoms with Crippen molar-refractivity contribution < 1.29 is 28.6 Å².